The number of nitrogens with one attached hydrogen (secondary N) is 2. The van der Waals surface area contributed by atoms with Gasteiger partial charge in [-0.05, 0) is 13.8 Å². The molecule has 100 valence electrons. The average Bonchev–Trinajstić information content (AvgIpc) is 2.30. The molecule has 7 heteroatoms. The van der Waals surface area contributed by atoms with Gasteiger partial charge in [-0.15, -0.1) is 13.2 Å². The van der Waals surface area contributed by atoms with Crippen LogP contribution < -0.4 is 10.6 Å². The molecule has 2 unspecified atom stereocenters. The Labute approximate surface area is 100 Å². The fourth-order valence-electron chi connectivity index (χ4n) is 0.919. The summed E-state index contributed by atoms with van der Waals surface area (Å²) in [5.74, 6) is -1.13. The van der Waals surface area contributed by atoms with E-state index in [1.165, 1.54) is 0 Å². The summed E-state index contributed by atoms with van der Waals surface area (Å²) < 4.78 is 5.11. The van der Waals surface area contributed by atoms with Crippen LogP contribution >= 0.6 is 0 Å². The Kier molecular flexibility index (Phi) is 11.7. The molecule has 17 heavy (non-hydrogen) atoms. The lowest BCUT2D eigenvalue weighted by Crippen LogP contribution is -2.44. The molecule has 0 aromatic heterocycles. The van der Waals surface area contributed by atoms with Crippen molar-refractivity contribution in [3.05, 3.63) is 13.2 Å². The van der Waals surface area contributed by atoms with E-state index < -0.39 is 37.5 Å². The van der Waals surface area contributed by atoms with E-state index in [0.717, 1.165) is 0 Å². The first-order chi connectivity index (χ1) is 7.99. The van der Waals surface area contributed by atoms with Crippen LogP contribution in [0.5, 0.6) is 0 Å². The molecule has 4 N–H and O–H groups in total. The van der Waals surface area contributed by atoms with Crippen LogP contribution in [0.3, 0.4) is 0 Å². The van der Waals surface area contributed by atoms with Gasteiger partial charge < -0.3 is 25.6 Å². The van der Waals surface area contributed by atoms with Gasteiger partial charge in [0.1, 0.15) is 25.7 Å². The maximum atomic E-state index is 10.7. The van der Waals surface area contributed by atoms with Gasteiger partial charge in [0.2, 0.25) is 11.8 Å². The third kappa shape index (κ3) is 10.8. The molecule has 2 atom stereocenters. The third-order valence-corrected chi connectivity index (χ3v) is 1.42. The number of carbonyl (C=O) groups excluding carboxylic acids is 2. The molecule has 0 rings (SSSR count). The van der Waals surface area contributed by atoms with E-state index in [-0.39, 0.29) is 0 Å². The lowest BCUT2D eigenvalue weighted by Gasteiger charge is -2.20. The summed E-state index contributed by atoms with van der Waals surface area (Å²) >= 11 is 0. The van der Waals surface area contributed by atoms with Crippen molar-refractivity contribution in [2.24, 2.45) is 0 Å². The molecule has 0 fully saturated rings. The second-order valence-corrected chi connectivity index (χ2v) is 2.87. The standard InChI is InChI=1S/C8H16N2O5.C2H4/c1-5(9-7(13)3-11)15-6(2)10-8(14)4-12;1-2/h5-6,11-12H,3-4H2,1-2H3,(H,9,13)(H,10,14);1-2H2. The van der Waals surface area contributed by atoms with Crippen molar-refractivity contribution in [1.29, 1.82) is 0 Å². The van der Waals surface area contributed by atoms with E-state index in [0.29, 0.717) is 0 Å². The van der Waals surface area contributed by atoms with Gasteiger partial charge in [0.05, 0.1) is 0 Å². The highest BCUT2D eigenvalue weighted by Crippen LogP contribution is 1.92. The van der Waals surface area contributed by atoms with Gasteiger partial charge in [-0.1, -0.05) is 0 Å². The van der Waals surface area contributed by atoms with Crippen LogP contribution in [0, 0.1) is 0 Å². The fourth-order valence-corrected chi connectivity index (χ4v) is 0.919. The quantitative estimate of drug-likeness (QED) is 0.346. The molecule has 0 aliphatic heterocycles. The first-order valence-corrected chi connectivity index (χ1v) is 4.95. The molecule has 0 radical (unpaired) electrons. The van der Waals surface area contributed by atoms with Crippen molar-refractivity contribution in [2.75, 3.05) is 13.2 Å². The summed E-state index contributed by atoms with van der Waals surface area (Å²) in [5.41, 5.74) is 0. The minimum Gasteiger partial charge on any atom is -0.387 e. The Morgan fingerprint density at radius 1 is 1.06 bits per heavy atom. The molecule has 0 aliphatic rings. The predicted molar refractivity (Wildman–Crippen MR) is 61.7 cm³/mol. The number of hydrogen-bond donors (Lipinski definition) is 4. The second-order valence-electron chi connectivity index (χ2n) is 2.87. The molecule has 0 saturated heterocycles. The Morgan fingerprint density at radius 2 is 1.35 bits per heavy atom. The van der Waals surface area contributed by atoms with Crippen LogP contribution in [0.1, 0.15) is 13.8 Å². The number of carbonyl (C=O) groups is 2. The summed E-state index contributed by atoms with van der Waals surface area (Å²) in [6.45, 7) is 7.86. The van der Waals surface area contributed by atoms with E-state index in [2.05, 4.69) is 23.8 Å². The molecule has 0 bridgehead atoms. The largest absolute Gasteiger partial charge is 0.387 e. The van der Waals surface area contributed by atoms with Crippen molar-refractivity contribution in [1.82, 2.24) is 10.6 Å². The molecule has 0 spiro atoms. The monoisotopic (exact) mass is 248 g/mol. The van der Waals surface area contributed by atoms with Gasteiger partial charge >= 0.3 is 0 Å². The Hall–Kier alpha value is -1.44. The maximum absolute atomic E-state index is 10.7. The Morgan fingerprint density at radius 3 is 1.59 bits per heavy atom. The normalized spacial score (nSPS) is 12.7. The summed E-state index contributed by atoms with van der Waals surface area (Å²) in [6, 6.07) is 0. The summed E-state index contributed by atoms with van der Waals surface area (Å²) in [4.78, 5) is 21.4. The number of aliphatic hydroxyl groups is 2. The fraction of sp³-hybridized carbons (Fsp3) is 0.600. The zero-order valence-corrected chi connectivity index (χ0v) is 10.1. The van der Waals surface area contributed by atoms with Crippen LogP contribution in [0.2, 0.25) is 0 Å². The number of rotatable bonds is 6. The number of amides is 2. The zero-order valence-electron chi connectivity index (χ0n) is 10.1. The lowest BCUT2D eigenvalue weighted by atomic mass is 10.5. The van der Waals surface area contributed by atoms with Gasteiger partial charge in [-0.2, -0.15) is 0 Å². The predicted octanol–water partition coefficient (Wildman–Crippen LogP) is -1.29. The summed E-state index contributed by atoms with van der Waals surface area (Å²) in [5, 5.41) is 21.5. The number of aliphatic hydroxyl groups excluding tert-OH is 2. The molecular weight excluding hydrogens is 228 g/mol. The zero-order chi connectivity index (χ0) is 13.8. The highest BCUT2D eigenvalue weighted by molar-refractivity contribution is 5.77. The van der Waals surface area contributed by atoms with Gasteiger partial charge in [-0.25, -0.2) is 0 Å². The molecule has 7 nitrogen and oxygen atoms in total. The van der Waals surface area contributed by atoms with Crippen molar-refractivity contribution in [2.45, 2.75) is 26.3 Å². The Bertz CT molecular complexity index is 213. The van der Waals surface area contributed by atoms with Gasteiger partial charge in [0.15, 0.2) is 0 Å². The van der Waals surface area contributed by atoms with Crippen LogP contribution in [0.15, 0.2) is 13.2 Å². The smallest absolute Gasteiger partial charge is 0.247 e. The van der Waals surface area contributed by atoms with Crippen molar-refractivity contribution in [3.8, 4) is 0 Å². The molecule has 0 heterocycles. The number of hydrogen-bond acceptors (Lipinski definition) is 5. The maximum Gasteiger partial charge on any atom is 0.247 e. The molecule has 0 aliphatic carbocycles. The van der Waals surface area contributed by atoms with E-state index >= 15 is 0 Å². The van der Waals surface area contributed by atoms with E-state index in [1.807, 2.05) is 0 Å². The topological polar surface area (TPSA) is 108 Å². The molecule has 0 aromatic rings. The third-order valence-electron chi connectivity index (χ3n) is 1.42. The minimum absolute atomic E-state index is 0.566. The number of ether oxygens (including phenoxy) is 1. The molecule has 0 saturated carbocycles. The second kappa shape index (κ2) is 11.1. The summed E-state index contributed by atoms with van der Waals surface area (Å²) in [7, 11) is 0. The SMILES string of the molecule is C=C.CC(NC(=O)CO)OC(C)NC(=O)CO. The molecular formula is C10H20N2O5. The van der Waals surface area contributed by atoms with Gasteiger partial charge in [-0.3, -0.25) is 9.59 Å². The highest BCUT2D eigenvalue weighted by Gasteiger charge is 2.12. The van der Waals surface area contributed by atoms with Gasteiger partial charge in [0, 0.05) is 0 Å². The molecule has 0 aromatic carbocycles. The van der Waals surface area contributed by atoms with Crippen molar-refractivity contribution >= 4 is 11.8 Å². The first-order valence-electron chi connectivity index (χ1n) is 4.95. The highest BCUT2D eigenvalue weighted by atomic mass is 16.5. The van der Waals surface area contributed by atoms with E-state index in [4.69, 9.17) is 14.9 Å². The van der Waals surface area contributed by atoms with E-state index in [9.17, 15) is 9.59 Å². The molecule has 2 amide bonds. The minimum atomic E-state index is -0.640. The first kappa shape index (κ1) is 17.9. The Balaban J connectivity index is 0. The van der Waals surface area contributed by atoms with Crippen LogP contribution in [0.25, 0.3) is 0 Å². The average molecular weight is 248 g/mol. The van der Waals surface area contributed by atoms with Crippen LogP contribution in [-0.4, -0.2) is 47.7 Å². The summed E-state index contributed by atoms with van der Waals surface area (Å²) in [6.07, 6.45) is -1.28. The van der Waals surface area contributed by atoms with Crippen molar-refractivity contribution < 1.29 is 24.5 Å². The van der Waals surface area contributed by atoms with Gasteiger partial charge in [0.25, 0.3) is 0 Å². The lowest BCUT2D eigenvalue weighted by molar-refractivity contribution is -0.133. The van der Waals surface area contributed by atoms with Crippen molar-refractivity contribution in [3.63, 3.8) is 0 Å². The van der Waals surface area contributed by atoms with E-state index in [1.54, 1.807) is 13.8 Å². The van der Waals surface area contributed by atoms with Crippen LogP contribution in [0.4, 0.5) is 0 Å². The van der Waals surface area contributed by atoms with Crippen LogP contribution in [-0.2, 0) is 14.3 Å².